The van der Waals surface area contributed by atoms with Crippen LogP contribution in [0.1, 0.15) is 19.3 Å². The number of anilines is 1. The van der Waals surface area contributed by atoms with Gasteiger partial charge in [0.05, 0.1) is 0 Å². The summed E-state index contributed by atoms with van der Waals surface area (Å²) in [6, 6.07) is 16.4. The van der Waals surface area contributed by atoms with Gasteiger partial charge in [-0.15, -0.1) is 0 Å². The lowest BCUT2D eigenvalue weighted by Crippen LogP contribution is -2.29. The van der Waals surface area contributed by atoms with Crippen LogP contribution in [0.3, 0.4) is 0 Å². The van der Waals surface area contributed by atoms with Crippen molar-refractivity contribution in [2.45, 2.75) is 19.3 Å². The van der Waals surface area contributed by atoms with Gasteiger partial charge in [0.25, 0.3) is 0 Å². The van der Waals surface area contributed by atoms with Crippen LogP contribution in [-0.2, 0) is 0 Å². The molecule has 4 rings (SSSR count). The van der Waals surface area contributed by atoms with E-state index in [1.807, 2.05) is 24.3 Å². The van der Waals surface area contributed by atoms with E-state index >= 15 is 0 Å². The average Bonchev–Trinajstić information content (AvgIpc) is 3.00. The van der Waals surface area contributed by atoms with Crippen molar-refractivity contribution in [3.8, 4) is 11.5 Å². The molecule has 1 saturated heterocycles. The highest BCUT2D eigenvalue weighted by Crippen LogP contribution is 2.27. The van der Waals surface area contributed by atoms with Gasteiger partial charge in [-0.1, -0.05) is 12.1 Å². The van der Waals surface area contributed by atoms with E-state index in [-0.39, 0.29) is 0 Å². The fraction of sp³-hybridized carbons (Fsp3) is 0.278. The lowest BCUT2D eigenvalue weighted by molar-refractivity contribution is 0.578. The molecule has 0 N–H and O–H groups in total. The molecule has 0 bridgehead atoms. The zero-order valence-electron chi connectivity index (χ0n) is 12.0. The number of rotatable bonds is 2. The Morgan fingerprint density at radius 1 is 0.857 bits per heavy atom. The molecule has 1 aromatic heterocycles. The van der Waals surface area contributed by atoms with Crippen molar-refractivity contribution in [2.24, 2.45) is 0 Å². The summed E-state index contributed by atoms with van der Waals surface area (Å²) in [5.41, 5.74) is 4.08. The standard InChI is InChI=1S/C18H18N2O/c1-4-12-20(13-5-1)15-10-8-14(9-11-15)18-19-16-6-2-3-7-17(16)21-18/h2-3,6-11H,1,4-5,12-13H2. The molecule has 0 unspecified atom stereocenters. The molecule has 0 aliphatic carbocycles. The van der Waals surface area contributed by atoms with Crippen molar-refractivity contribution in [1.82, 2.24) is 4.98 Å². The van der Waals surface area contributed by atoms with E-state index in [1.54, 1.807) is 0 Å². The van der Waals surface area contributed by atoms with Gasteiger partial charge < -0.3 is 9.32 Å². The molecule has 1 fully saturated rings. The van der Waals surface area contributed by atoms with E-state index in [9.17, 15) is 0 Å². The smallest absolute Gasteiger partial charge is 0.227 e. The predicted octanol–water partition coefficient (Wildman–Crippen LogP) is 4.49. The van der Waals surface area contributed by atoms with Crippen LogP contribution < -0.4 is 4.90 Å². The Hall–Kier alpha value is -2.29. The summed E-state index contributed by atoms with van der Waals surface area (Å²) < 4.78 is 5.81. The third-order valence-electron chi connectivity index (χ3n) is 4.13. The van der Waals surface area contributed by atoms with Gasteiger partial charge in [-0.2, -0.15) is 0 Å². The molecule has 3 nitrogen and oxygen atoms in total. The van der Waals surface area contributed by atoms with Crippen LogP contribution in [0.5, 0.6) is 0 Å². The maximum atomic E-state index is 5.81. The second-order valence-corrected chi connectivity index (χ2v) is 5.58. The molecular formula is C18H18N2O. The monoisotopic (exact) mass is 278 g/mol. The molecule has 0 saturated carbocycles. The second-order valence-electron chi connectivity index (χ2n) is 5.58. The Morgan fingerprint density at radius 3 is 2.38 bits per heavy atom. The van der Waals surface area contributed by atoms with Crippen LogP contribution in [0.4, 0.5) is 5.69 Å². The van der Waals surface area contributed by atoms with Crippen LogP contribution >= 0.6 is 0 Å². The van der Waals surface area contributed by atoms with Crippen LogP contribution in [0, 0.1) is 0 Å². The summed E-state index contributed by atoms with van der Waals surface area (Å²) in [6.07, 6.45) is 3.96. The number of hydrogen-bond donors (Lipinski definition) is 0. The summed E-state index contributed by atoms with van der Waals surface area (Å²) in [5.74, 6) is 0.696. The number of aromatic nitrogens is 1. The van der Waals surface area contributed by atoms with Gasteiger partial charge in [-0.25, -0.2) is 4.98 Å². The summed E-state index contributed by atoms with van der Waals surface area (Å²) in [6.45, 7) is 2.34. The van der Waals surface area contributed by atoms with E-state index in [2.05, 4.69) is 34.1 Å². The number of oxazole rings is 1. The third kappa shape index (κ3) is 2.40. The number of para-hydroxylation sites is 2. The van der Waals surface area contributed by atoms with Crippen molar-refractivity contribution in [3.05, 3.63) is 48.5 Å². The minimum atomic E-state index is 0.696. The highest BCUT2D eigenvalue weighted by Gasteiger charge is 2.12. The summed E-state index contributed by atoms with van der Waals surface area (Å²) in [7, 11) is 0. The number of nitrogens with zero attached hydrogens (tertiary/aromatic N) is 2. The molecule has 0 amide bonds. The Balaban J connectivity index is 1.63. The Kier molecular flexibility index (Phi) is 3.11. The normalized spacial score (nSPS) is 15.5. The number of piperidine rings is 1. The van der Waals surface area contributed by atoms with Crippen LogP contribution in [0.15, 0.2) is 52.9 Å². The first-order chi connectivity index (χ1) is 10.4. The van der Waals surface area contributed by atoms with Crippen LogP contribution in [0.2, 0.25) is 0 Å². The van der Waals surface area contributed by atoms with Crippen molar-refractivity contribution >= 4 is 16.8 Å². The topological polar surface area (TPSA) is 29.3 Å². The van der Waals surface area contributed by atoms with Crippen molar-refractivity contribution in [2.75, 3.05) is 18.0 Å². The lowest BCUT2D eigenvalue weighted by atomic mass is 10.1. The summed E-state index contributed by atoms with van der Waals surface area (Å²) in [5, 5.41) is 0. The molecule has 21 heavy (non-hydrogen) atoms. The molecule has 3 heteroatoms. The number of hydrogen-bond acceptors (Lipinski definition) is 3. The molecule has 2 aromatic carbocycles. The van der Waals surface area contributed by atoms with Crippen molar-refractivity contribution < 1.29 is 4.42 Å². The maximum Gasteiger partial charge on any atom is 0.227 e. The minimum absolute atomic E-state index is 0.696. The Morgan fingerprint density at radius 2 is 1.62 bits per heavy atom. The first kappa shape index (κ1) is 12.5. The number of fused-ring (bicyclic) bond motifs is 1. The molecule has 0 radical (unpaired) electrons. The van der Waals surface area contributed by atoms with Crippen LogP contribution in [0.25, 0.3) is 22.6 Å². The Labute approximate surface area is 124 Å². The van der Waals surface area contributed by atoms with Gasteiger partial charge in [0.1, 0.15) is 5.52 Å². The highest BCUT2D eigenvalue weighted by atomic mass is 16.3. The van der Waals surface area contributed by atoms with Gasteiger partial charge in [0.15, 0.2) is 5.58 Å². The van der Waals surface area contributed by atoms with Crippen molar-refractivity contribution in [3.63, 3.8) is 0 Å². The van der Waals surface area contributed by atoms with Gasteiger partial charge in [-0.05, 0) is 55.7 Å². The second kappa shape index (κ2) is 5.24. The summed E-state index contributed by atoms with van der Waals surface area (Å²) in [4.78, 5) is 7.00. The van der Waals surface area contributed by atoms with Gasteiger partial charge in [0.2, 0.25) is 5.89 Å². The zero-order chi connectivity index (χ0) is 14.1. The average molecular weight is 278 g/mol. The zero-order valence-corrected chi connectivity index (χ0v) is 12.0. The molecule has 3 aromatic rings. The minimum Gasteiger partial charge on any atom is -0.436 e. The van der Waals surface area contributed by atoms with Crippen LogP contribution in [-0.4, -0.2) is 18.1 Å². The molecule has 0 atom stereocenters. The largest absolute Gasteiger partial charge is 0.436 e. The molecule has 1 aliphatic rings. The lowest BCUT2D eigenvalue weighted by Gasteiger charge is -2.28. The quantitative estimate of drug-likeness (QED) is 0.692. The van der Waals surface area contributed by atoms with Gasteiger partial charge >= 0.3 is 0 Å². The van der Waals surface area contributed by atoms with Gasteiger partial charge in [0, 0.05) is 24.3 Å². The number of benzene rings is 2. The highest BCUT2D eigenvalue weighted by molar-refractivity contribution is 5.76. The molecular weight excluding hydrogens is 260 g/mol. The van der Waals surface area contributed by atoms with E-state index in [4.69, 9.17) is 4.42 Å². The van der Waals surface area contributed by atoms with Gasteiger partial charge in [-0.3, -0.25) is 0 Å². The maximum absolute atomic E-state index is 5.81. The van der Waals surface area contributed by atoms with E-state index in [0.29, 0.717) is 5.89 Å². The predicted molar refractivity (Wildman–Crippen MR) is 85.5 cm³/mol. The Bertz CT molecular complexity index is 706. The fourth-order valence-corrected chi connectivity index (χ4v) is 2.96. The molecule has 1 aliphatic heterocycles. The molecule has 2 heterocycles. The third-order valence-corrected chi connectivity index (χ3v) is 4.13. The molecule has 0 spiro atoms. The first-order valence-corrected chi connectivity index (χ1v) is 7.61. The van der Waals surface area contributed by atoms with E-state index in [1.165, 1.54) is 38.0 Å². The SMILES string of the molecule is c1ccc2oc(-c3ccc(N4CCCCC4)cc3)nc2c1. The van der Waals surface area contributed by atoms with Crippen molar-refractivity contribution in [1.29, 1.82) is 0 Å². The summed E-state index contributed by atoms with van der Waals surface area (Å²) >= 11 is 0. The fourth-order valence-electron chi connectivity index (χ4n) is 2.96. The molecule has 106 valence electrons. The van der Waals surface area contributed by atoms with E-state index < -0.39 is 0 Å². The first-order valence-electron chi connectivity index (χ1n) is 7.61. The van der Waals surface area contributed by atoms with E-state index in [0.717, 1.165) is 16.7 Å².